The normalized spacial score (nSPS) is 10.9. The van der Waals surface area contributed by atoms with Gasteiger partial charge in [-0.2, -0.15) is 8.78 Å². The Morgan fingerprint density at radius 3 is 2.40 bits per heavy atom. The number of rotatable bonds is 2. The molecule has 0 aliphatic heterocycles. The summed E-state index contributed by atoms with van der Waals surface area (Å²) in [5.74, 6) is 0.237. The highest BCUT2D eigenvalue weighted by atomic mass is 19.3. The highest BCUT2D eigenvalue weighted by Crippen LogP contribution is 2.29. The summed E-state index contributed by atoms with van der Waals surface area (Å²) in [5, 5.41) is 1.66. The summed E-state index contributed by atoms with van der Waals surface area (Å²) in [6.45, 7) is -0.907. The first-order valence-electron chi connectivity index (χ1n) is 4.61. The van der Waals surface area contributed by atoms with Crippen molar-refractivity contribution in [2.45, 2.75) is 13.5 Å². The van der Waals surface area contributed by atoms with Gasteiger partial charge in [-0.1, -0.05) is 30.3 Å². The van der Waals surface area contributed by atoms with Crippen LogP contribution in [0.2, 0.25) is 0 Å². The predicted molar refractivity (Wildman–Crippen MR) is 55.3 cm³/mol. The maximum atomic E-state index is 12.2. The molecule has 15 heavy (non-hydrogen) atoms. The highest BCUT2D eigenvalue weighted by molar-refractivity contribution is 5.91. The van der Waals surface area contributed by atoms with Crippen LogP contribution < -0.4 is 4.74 Å². The van der Waals surface area contributed by atoms with Crippen molar-refractivity contribution in [3.05, 3.63) is 42.0 Å². The monoisotopic (exact) mass is 208 g/mol. The molecule has 0 aliphatic carbocycles. The zero-order valence-electron chi connectivity index (χ0n) is 8.21. The van der Waals surface area contributed by atoms with Crippen molar-refractivity contribution in [1.29, 1.82) is 0 Å². The van der Waals surface area contributed by atoms with Crippen LogP contribution in [-0.2, 0) is 0 Å². The summed E-state index contributed by atoms with van der Waals surface area (Å²) < 4.78 is 28.8. The standard InChI is InChI=1S/C12H10F2O/c1-8-4-2-5-9-6-3-7-10(11(8)9)15-12(13)14/h2-7,12H,1H3. The Morgan fingerprint density at radius 2 is 1.73 bits per heavy atom. The number of aryl methyl sites for hydroxylation is 1. The van der Waals surface area contributed by atoms with Gasteiger partial charge in [-0.05, 0) is 23.9 Å². The van der Waals surface area contributed by atoms with Crippen molar-refractivity contribution in [1.82, 2.24) is 0 Å². The molecule has 1 nitrogen and oxygen atoms in total. The molecule has 2 rings (SSSR count). The maximum absolute atomic E-state index is 12.2. The first-order valence-corrected chi connectivity index (χ1v) is 4.61. The Hall–Kier alpha value is -1.64. The van der Waals surface area contributed by atoms with Crippen molar-refractivity contribution in [2.24, 2.45) is 0 Å². The van der Waals surface area contributed by atoms with Gasteiger partial charge in [0, 0.05) is 5.39 Å². The first-order chi connectivity index (χ1) is 7.18. The van der Waals surface area contributed by atoms with Crippen LogP contribution in [0.1, 0.15) is 5.56 Å². The number of benzene rings is 2. The Labute approximate surface area is 86.3 Å². The molecule has 0 unspecified atom stereocenters. The minimum Gasteiger partial charge on any atom is -0.434 e. The molecule has 3 heteroatoms. The molecule has 0 spiro atoms. The van der Waals surface area contributed by atoms with Gasteiger partial charge in [0.15, 0.2) is 0 Å². The van der Waals surface area contributed by atoms with E-state index in [0.29, 0.717) is 0 Å². The van der Waals surface area contributed by atoms with E-state index in [1.807, 2.05) is 31.2 Å². The predicted octanol–water partition coefficient (Wildman–Crippen LogP) is 3.75. The van der Waals surface area contributed by atoms with E-state index >= 15 is 0 Å². The summed E-state index contributed by atoms with van der Waals surface area (Å²) in [4.78, 5) is 0. The molecule has 0 aliphatic rings. The van der Waals surface area contributed by atoms with Crippen molar-refractivity contribution in [2.75, 3.05) is 0 Å². The maximum Gasteiger partial charge on any atom is 0.387 e. The van der Waals surface area contributed by atoms with Gasteiger partial charge in [0.1, 0.15) is 5.75 Å². The second-order valence-electron chi connectivity index (χ2n) is 3.31. The molecule has 0 aromatic heterocycles. The van der Waals surface area contributed by atoms with Crippen molar-refractivity contribution in [3.63, 3.8) is 0 Å². The third-order valence-electron chi connectivity index (χ3n) is 2.29. The third kappa shape index (κ3) is 1.91. The fraction of sp³-hybridized carbons (Fsp3) is 0.167. The zero-order valence-corrected chi connectivity index (χ0v) is 8.21. The van der Waals surface area contributed by atoms with Gasteiger partial charge in [-0.25, -0.2) is 0 Å². The average molecular weight is 208 g/mol. The Morgan fingerprint density at radius 1 is 1.07 bits per heavy atom. The van der Waals surface area contributed by atoms with E-state index in [2.05, 4.69) is 4.74 Å². The average Bonchev–Trinajstić information content (AvgIpc) is 2.17. The topological polar surface area (TPSA) is 9.23 Å². The summed E-state index contributed by atoms with van der Waals surface area (Å²) in [6, 6.07) is 10.8. The molecule has 0 amide bonds. The first kappa shape index (κ1) is 9.90. The van der Waals surface area contributed by atoms with Crippen LogP contribution in [0, 0.1) is 6.92 Å². The third-order valence-corrected chi connectivity index (χ3v) is 2.29. The van der Waals surface area contributed by atoms with Crippen LogP contribution in [0.15, 0.2) is 36.4 Å². The van der Waals surface area contributed by atoms with E-state index in [1.165, 1.54) is 0 Å². The van der Waals surface area contributed by atoms with E-state index in [4.69, 9.17) is 0 Å². The quantitative estimate of drug-likeness (QED) is 0.730. The van der Waals surface area contributed by atoms with E-state index in [-0.39, 0.29) is 5.75 Å². The number of hydrogen-bond acceptors (Lipinski definition) is 1. The number of fused-ring (bicyclic) bond motifs is 1. The molecule has 0 radical (unpaired) electrons. The lowest BCUT2D eigenvalue weighted by atomic mass is 10.0. The Bertz CT molecular complexity index is 475. The van der Waals surface area contributed by atoms with Gasteiger partial charge in [0.05, 0.1) is 0 Å². The van der Waals surface area contributed by atoms with E-state index in [1.54, 1.807) is 12.1 Å². The molecular weight excluding hydrogens is 198 g/mol. The molecule has 0 saturated heterocycles. The SMILES string of the molecule is Cc1cccc2cccc(OC(F)F)c12. The highest BCUT2D eigenvalue weighted by Gasteiger charge is 2.09. The number of ether oxygens (including phenoxy) is 1. The molecule has 2 aromatic carbocycles. The summed E-state index contributed by atoms with van der Waals surface area (Å²) in [5.41, 5.74) is 0.934. The lowest BCUT2D eigenvalue weighted by Crippen LogP contribution is -2.02. The summed E-state index contributed by atoms with van der Waals surface area (Å²) in [7, 11) is 0. The molecule has 0 atom stereocenters. The van der Waals surface area contributed by atoms with Crippen LogP contribution in [0.4, 0.5) is 8.78 Å². The Kier molecular flexibility index (Phi) is 2.54. The van der Waals surface area contributed by atoms with E-state index < -0.39 is 6.61 Å². The minimum absolute atomic E-state index is 0.237. The number of halogens is 2. The smallest absolute Gasteiger partial charge is 0.387 e. The van der Waals surface area contributed by atoms with Crippen molar-refractivity contribution in [3.8, 4) is 5.75 Å². The number of hydrogen-bond donors (Lipinski definition) is 0. The zero-order chi connectivity index (χ0) is 10.8. The molecule has 2 aromatic rings. The molecule has 0 N–H and O–H groups in total. The lowest BCUT2D eigenvalue weighted by molar-refractivity contribution is -0.0488. The summed E-state index contributed by atoms with van der Waals surface area (Å²) in [6.07, 6.45) is 0. The van der Waals surface area contributed by atoms with Gasteiger partial charge in [-0.15, -0.1) is 0 Å². The van der Waals surface area contributed by atoms with Crippen LogP contribution in [0.25, 0.3) is 10.8 Å². The fourth-order valence-electron chi connectivity index (χ4n) is 1.68. The molecule has 0 bridgehead atoms. The lowest BCUT2D eigenvalue weighted by Gasteiger charge is -2.09. The summed E-state index contributed by atoms with van der Waals surface area (Å²) >= 11 is 0. The van der Waals surface area contributed by atoms with Crippen molar-refractivity contribution < 1.29 is 13.5 Å². The van der Waals surface area contributed by atoms with Gasteiger partial charge in [0.2, 0.25) is 0 Å². The van der Waals surface area contributed by atoms with Gasteiger partial charge in [-0.3, -0.25) is 0 Å². The van der Waals surface area contributed by atoms with Crippen LogP contribution in [-0.4, -0.2) is 6.61 Å². The largest absolute Gasteiger partial charge is 0.434 e. The minimum atomic E-state index is -2.78. The van der Waals surface area contributed by atoms with E-state index in [0.717, 1.165) is 16.3 Å². The molecule has 78 valence electrons. The van der Waals surface area contributed by atoms with E-state index in [9.17, 15) is 8.78 Å². The molecule has 0 heterocycles. The fourth-order valence-corrected chi connectivity index (χ4v) is 1.68. The van der Waals surface area contributed by atoms with Gasteiger partial charge >= 0.3 is 6.61 Å². The molecule has 0 fully saturated rings. The second kappa shape index (κ2) is 3.85. The van der Waals surface area contributed by atoms with Gasteiger partial charge < -0.3 is 4.74 Å². The van der Waals surface area contributed by atoms with Crippen LogP contribution >= 0.6 is 0 Å². The second-order valence-corrected chi connectivity index (χ2v) is 3.31. The van der Waals surface area contributed by atoms with Crippen molar-refractivity contribution >= 4 is 10.8 Å². The Balaban J connectivity index is 2.63. The molecular formula is C12H10F2O. The van der Waals surface area contributed by atoms with Crippen LogP contribution in [0.3, 0.4) is 0 Å². The number of alkyl halides is 2. The molecule has 0 saturated carbocycles. The van der Waals surface area contributed by atoms with Crippen LogP contribution in [0.5, 0.6) is 5.75 Å². The van der Waals surface area contributed by atoms with Gasteiger partial charge in [0.25, 0.3) is 0 Å².